The van der Waals surface area contributed by atoms with E-state index in [1.54, 1.807) is 0 Å². The summed E-state index contributed by atoms with van der Waals surface area (Å²) in [5.74, 6) is 0.868. The zero-order chi connectivity index (χ0) is 8.55. The van der Waals surface area contributed by atoms with Gasteiger partial charge in [-0.2, -0.15) is 0 Å². The Balaban J connectivity index is 1.94. The molecule has 12 heavy (non-hydrogen) atoms. The molecule has 2 rings (SSSR count). The van der Waals surface area contributed by atoms with Crippen molar-refractivity contribution in [1.82, 2.24) is 15.8 Å². The maximum absolute atomic E-state index is 3.56. The molecule has 2 atom stereocenters. The third kappa shape index (κ3) is 1.49. The molecular formula is C9H19N3. The Morgan fingerprint density at radius 1 is 1.25 bits per heavy atom. The SMILES string of the molecule is CC1NC(C2CCCC2)N(C)N1. The number of nitrogens with zero attached hydrogens (tertiary/aromatic N) is 1. The Hall–Kier alpha value is -0.120. The van der Waals surface area contributed by atoms with Gasteiger partial charge in [0.05, 0.1) is 12.3 Å². The van der Waals surface area contributed by atoms with Crippen molar-refractivity contribution in [3.8, 4) is 0 Å². The minimum Gasteiger partial charge on any atom is -0.284 e. The van der Waals surface area contributed by atoms with Crippen molar-refractivity contribution in [3.63, 3.8) is 0 Å². The van der Waals surface area contributed by atoms with E-state index < -0.39 is 0 Å². The first-order valence-corrected chi connectivity index (χ1v) is 5.02. The van der Waals surface area contributed by atoms with Crippen molar-refractivity contribution in [3.05, 3.63) is 0 Å². The zero-order valence-corrected chi connectivity index (χ0v) is 8.01. The summed E-state index contributed by atoms with van der Waals surface area (Å²) in [6, 6.07) is 0. The second-order valence-electron chi connectivity index (χ2n) is 4.12. The Kier molecular flexibility index (Phi) is 2.35. The van der Waals surface area contributed by atoms with Gasteiger partial charge in [-0.1, -0.05) is 12.8 Å². The molecule has 0 spiro atoms. The van der Waals surface area contributed by atoms with Gasteiger partial charge in [0.1, 0.15) is 0 Å². The van der Waals surface area contributed by atoms with E-state index in [9.17, 15) is 0 Å². The Morgan fingerprint density at radius 3 is 2.42 bits per heavy atom. The van der Waals surface area contributed by atoms with E-state index in [4.69, 9.17) is 0 Å². The predicted molar refractivity (Wildman–Crippen MR) is 49.2 cm³/mol. The fourth-order valence-electron chi connectivity index (χ4n) is 2.52. The third-order valence-corrected chi connectivity index (χ3v) is 3.08. The van der Waals surface area contributed by atoms with Crippen LogP contribution in [0.5, 0.6) is 0 Å². The number of hydrogen-bond donors (Lipinski definition) is 2. The Morgan fingerprint density at radius 2 is 1.92 bits per heavy atom. The molecule has 0 amide bonds. The van der Waals surface area contributed by atoms with Crippen LogP contribution < -0.4 is 10.7 Å². The summed E-state index contributed by atoms with van der Waals surface area (Å²) in [7, 11) is 2.14. The molecule has 0 bridgehead atoms. The average Bonchev–Trinajstić information content (AvgIpc) is 2.58. The van der Waals surface area contributed by atoms with Crippen LogP contribution in [-0.2, 0) is 0 Å². The molecule has 1 saturated heterocycles. The van der Waals surface area contributed by atoms with E-state index in [1.165, 1.54) is 25.7 Å². The quantitative estimate of drug-likeness (QED) is 0.610. The van der Waals surface area contributed by atoms with Gasteiger partial charge >= 0.3 is 0 Å². The summed E-state index contributed by atoms with van der Waals surface area (Å²) in [5, 5.41) is 5.80. The van der Waals surface area contributed by atoms with Gasteiger partial charge in [-0.25, -0.2) is 10.4 Å². The van der Waals surface area contributed by atoms with Gasteiger partial charge in [0, 0.05) is 7.05 Å². The van der Waals surface area contributed by atoms with Crippen LogP contribution in [0.4, 0.5) is 0 Å². The van der Waals surface area contributed by atoms with Crippen LogP contribution >= 0.6 is 0 Å². The fraction of sp³-hybridized carbons (Fsp3) is 1.00. The van der Waals surface area contributed by atoms with Gasteiger partial charge in [-0.15, -0.1) is 0 Å². The maximum atomic E-state index is 3.56. The van der Waals surface area contributed by atoms with Crippen molar-refractivity contribution in [2.45, 2.75) is 44.9 Å². The van der Waals surface area contributed by atoms with E-state index in [1.807, 2.05) is 0 Å². The molecule has 1 saturated carbocycles. The van der Waals surface area contributed by atoms with Gasteiger partial charge in [0.2, 0.25) is 0 Å². The fourth-order valence-corrected chi connectivity index (χ4v) is 2.52. The summed E-state index contributed by atoms with van der Waals surface area (Å²) in [4.78, 5) is 0. The predicted octanol–water partition coefficient (Wildman–Crippen LogP) is 0.888. The molecule has 0 radical (unpaired) electrons. The lowest BCUT2D eigenvalue weighted by atomic mass is 10.0. The summed E-state index contributed by atoms with van der Waals surface area (Å²) in [6.45, 7) is 2.17. The molecule has 1 heterocycles. The second-order valence-corrected chi connectivity index (χ2v) is 4.12. The van der Waals surface area contributed by atoms with Gasteiger partial charge in [-0.05, 0) is 25.7 Å². The first-order valence-electron chi connectivity index (χ1n) is 5.02. The molecule has 70 valence electrons. The topological polar surface area (TPSA) is 27.3 Å². The highest BCUT2D eigenvalue weighted by molar-refractivity contribution is 4.84. The van der Waals surface area contributed by atoms with Crippen molar-refractivity contribution in [1.29, 1.82) is 0 Å². The first-order chi connectivity index (χ1) is 5.77. The normalized spacial score (nSPS) is 39.5. The maximum Gasteiger partial charge on any atom is 0.0770 e. The molecule has 3 nitrogen and oxygen atoms in total. The molecule has 0 aromatic rings. The second kappa shape index (κ2) is 3.32. The average molecular weight is 169 g/mol. The lowest BCUT2D eigenvalue weighted by molar-refractivity contribution is 0.167. The zero-order valence-electron chi connectivity index (χ0n) is 8.01. The van der Waals surface area contributed by atoms with Crippen LogP contribution in [0.25, 0.3) is 0 Å². The highest BCUT2D eigenvalue weighted by atomic mass is 15.6. The summed E-state index contributed by atoms with van der Waals surface area (Å²) in [5.41, 5.74) is 3.37. The summed E-state index contributed by atoms with van der Waals surface area (Å²) in [6.07, 6.45) is 6.66. The summed E-state index contributed by atoms with van der Waals surface area (Å²) >= 11 is 0. The van der Waals surface area contributed by atoms with Crippen LogP contribution in [0, 0.1) is 5.92 Å². The Bertz CT molecular complexity index is 154. The van der Waals surface area contributed by atoms with Crippen LogP contribution in [-0.4, -0.2) is 24.4 Å². The van der Waals surface area contributed by atoms with Crippen molar-refractivity contribution in [2.75, 3.05) is 7.05 Å². The van der Waals surface area contributed by atoms with E-state index in [-0.39, 0.29) is 0 Å². The summed E-state index contributed by atoms with van der Waals surface area (Å²) < 4.78 is 0. The lowest BCUT2D eigenvalue weighted by Crippen LogP contribution is -2.41. The molecule has 0 aromatic carbocycles. The Labute approximate surface area is 74.5 Å². The van der Waals surface area contributed by atoms with Crippen LogP contribution in [0.3, 0.4) is 0 Å². The van der Waals surface area contributed by atoms with Gasteiger partial charge in [-0.3, -0.25) is 5.32 Å². The molecular weight excluding hydrogens is 150 g/mol. The molecule has 2 unspecified atom stereocenters. The lowest BCUT2D eigenvalue weighted by Gasteiger charge is -2.24. The standard InChI is InChI=1S/C9H19N3/c1-7-10-9(12(2)11-7)8-5-3-4-6-8/h7-11H,3-6H2,1-2H3. The van der Waals surface area contributed by atoms with Crippen LogP contribution in [0.1, 0.15) is 32.6 Å². The van der Waals surface area contributed by atoms with Crippen molar-refractivity contribution in [2.24, 2.45) is 5.92 Å². The highest BCUT2D eigenvalue weighted by Gasteiger charge is 2.33. The van der Waals surface area contributed by atoms with Gasteiger partial charge in [0.15, 0.2) is 0 Å². The molecule has 2 fully saturated rings. The molecule has 2 aliphatic rings. The van der Waals surface area contributed by atoms with E-state index in [0.29, 0.717) is 12.3 Å². The minimum absolute atomic E-state index is 0.445. The third-order valence-electron chi connectivity index (χ3n) is 3.08. The van der Waals surface area contributed by atoms with Crippen LogP contribution in [0.2, 0.25) is 0 Å². The number of rotatable bonds is 1. The van der Waals surface area contributed by atoms with E-state index >= 15 is 0 Å². The monoisotopic (exact) mass is 169 g/mol. The van der Waals surface area contributed by atoms with Gasteiger partial charge < -0.3 is 0 Å². The van der Waals surface area contributed by atoms with Crippen molar-refractivity contribution < 1.29 is 0 Å². The minimum atomic E-state index is 0.445. The van der Waals surface area contributed by atoms with Gasteiger partial charge in [0.25, 0.3) is 0 Å². The molecule has 2 N–H and O–H groups in total. The van der Waals surface area contributed by atoms with Crippen molar-refractivity contribution >= 4 is 0 Å². The molecule has 3 heteroatoms. The van der Waals surface area contributed by atoms with E-state index in [0.717, 1.165) is 5.92 Å². The molecule has 0 aromatic heterocycles. The first kappa shape index (κ1) is 8.48. The number of hydrogen-bond acceptors (Lipinski definition) is 3. The number of hydrazine groups is 1. The number of nitrogens with one attached hydrogen (secondary N) is 2. The van der Waals surface area contributed by atoms with E-state index in [2.05, 4.69) is 29.7 Å². The molecule has 1 aliphatic heterocycles. The highest BCUT2D eigenvalue weighted by Crippen LogP contribution is 2.29. The molecule has 1 aliphatic carbocycles. The smallest absolute Gasteiger partial charge is 0.0770 e. The van der Waals surface area contributed by atoms with Crippen LogP contribution in [0.15, 0.2) is 0 Å². The largest absolute Gasteiger partial charge is 0.284 e.